The number of hydrogen-bond donors (Lipinski definition) is 1. The van der Waals surface area contributed by atoms with Crippen LogP contribution in [0.1, 0.15) is 50.1 Å². The van der Waals surface area contributed by atoms with Crippen LogP contribution in [0.25, 0.3) is 16.9 Å². The molecule has 1 N–H and O–H groups in total. The molecule has 2 fully saturated rings. The van der Waals surface area contributed by atoms with Crippen LogP contribution in [0, 0.1) is 5.92 Å². The molecule has 0 spiro atoms. The molecule has 2 aromatic heterocycles. The van der Waals surface area contributed by atoms with Gasteiger partial charge in [-0.2, -0.15) is 27.9 Å². The highest BCUT2D eigenvalue weighted by Gasteiger charge is 2.38. The first-order valence-electron chi connectivity index (χ1n) is 13.1. The number of likely N-dealkylation sites (tertiary alicyclic amines) is 1. The molecule has 0 radical (unpaired) electrons. The Bertz CT molecular complexity index is 1420. The minimum atomic E-state index is -5.08. The zero-order chi connectivity index (χ0) is 29.1. The van der Waals surface area contributed by atoms with Crippen LogP contribution >= 0.6 is 0 Å². The van der Waals surface area contributed by atoms with Crippen molar-refractivity contribution in [1.29, 1.82) is 0 Å². The summed E-state index contributed by atoms with van der Waals surface area (Å²) >= 11 is 0. The Labute approximate surface area is 230 Å². The second kappa shape index (κ2) is 12.2. The average molecular weight is 587 g/mol. The lowest BCUT2D eigenvalue weighted by Gasteiger charge is -2.36. The first-order valence-corrected chi connectivity index (χ1v) is 15.0. The van der Waals surface area contributed by atoms with Crippen LogP contribution in [0.3, 0.4) is 0 Å². The standard InChI is InChI=1S/C23H32N6O3S.C2HF3O2/c1-3-20-19-8-4-5-9-21(19)29(25-20)23-24-22(32-26-23)18-10-13-27(14-11-18)15-17-7-6-12-28(16-17)33(2,30)31;3-2(4,5)1(6)7/h4-5,8-9,17-18H,3,6-7,10-16H2,1-2H3;(H,6,7). The van der Waals surface area contributed by atoms with Gasteiger partial charge in [0, 0.05) is 30.9 Å². The van der Waals surface area contributed by atoms with Gasteiger partial charge in [0.05, 0.1) is 17.5 Å². The van der Waals surface area contributed by atoms with E-state index in [-0.39, 0.29) is 5.92 Å². The summed E-state index contributed by atoms with van der Waals surface area (Å²) in [6.45, 7) is 6.27. The van der Waals surface area contributed by atoms with Crippen molar-refractivity contribution in [2.24, 2.45) is 5.92 Å². The molecule has 0 aliphatic carbocycles. The lowest BCUT2D eigenvalue weighted by atomic mass is 9.94. The molecule has 3 aromatic rings. The number of rotatable bonds is 6. The third-order valence-corrected chi connectivity index (χ3v) is 8.54. The third-order valence-electron chi connectivity index (χ3n) is 7.27. The van der Waals surface area contributed by atoms with Crippen LogP contribution in [0.15, 0.2) is 28.8 Å². The minimum absolute atomic E-state index is 0.244. The summed E-state index contributed by atoms with van der Waals surface area (Å²) in [5.41, 5.74) is 2.02. The van der Waals surface area contributed by atoms with E-state index in [4.69, 9.17) is 24.5 Å². The number of aliphatic carboxylic acids is 1. The van der Waals surface area contributed by atoms with Crippen molar-refractivity contribution in [1.82, 2.24) is 29.1 Å². The Morgan fingerprint density at radius 1 is 1.15 bits per heavy atom. The Morgan fingerprint density at radius 3 is 2.45 bits per heavy atom. The number of alkyl halides is 3. The maximum absolute atomic E-state index is 11.9. The smallest absolute Gasteiger partial charge is 0.475 e. The molecule has 5 rings (SSSR count). The number of hydrogen-bond acceptors (Lipinski definition) is 8. The Morgan fingerprint density at radius 2 is 1.82 bits per heavy atom. The average Bonchev–Trinajstić information content (AvgIpc) is 3.54. The van der Waals surface area contributed by atoms with Crippen molar-refractivity contribution < 1.29 is 36.0 Å². The number of halogens is 3. The van der Waals surface area contributed by atoms with Crippen LogP contribution in [0.4, 0.5) is 13.2 Å². The largest absolute Gasteiger partial charge is 0.490 e. The molecular weight excluding hydrogens is 553 g/mol. The van der Waals surface area contributed by atoms with Gasteiger partial charge in [-0.3, -0.25) is 0 Å². The summed E-state index contributed by atoms with van der Waals surface area (Å²) in [6, 6.07) is 8.13. The fraction of sp³-hybridized carbons (Fsp3) is 0.600. The number of benzene rings is 1. The fourth-order valence-electron chi connectivity index (χ4n) is 5.23. The van der Waals surface area contributed by atoms with E-state index >= 15 is 0 Å². The molecule has 1 unspecified atom stereocenters. The number of fused-ring (bicyclic) bond motifs is 1. The Kier molecular flexibility index (Phi) is 9.15. The molecule has 220 valence electrons. The van der Waals surface area contributed by atoms with Crippen LogP contribution in [-0.4, -0.2) is 93.8 Å². The van der Waals surface area contributed by atoms with Gasteiger partial charge in [0.2, 0.25) is 15.9 Å². The van der Waals surface area contributed by atoms with Crippen molar-refractivity contribution in [2.45, 2.75) is 51.1 Å². The van der Waals surface area contributed by atoms with Gasteiger partial charge in [-0.05, 0) is 62.3 Å². The van der Waals surface area contributed by atoms with E-state index in [9.17, 15) is 21.6 Å². The van der Waals surface area contributed by atoms with Gasteiger partial charge in [0.25, 0.3) is 5.95 Å². The van der Waals surface area contributed by atoms with E-state index in [0.717, 1.165) is 68.3 Å². The lowest BCUT2D eigenvalue weighted by Crippen LogP contribution is -2.44. The monoisotopic (exact) mass is 586 g/mol. The predicted molar refractivity (Wildman–Crippen MR) is 140 cm³/mol. The first kappa shape index (κ1) is 29.9. The maximum Gasteiger partial charge on any atom is 0.490 e. The first-order chi connectivity index (χ1) is 18.9. The molecular formula is C25H33F3N6O5S. The molecule has 2 saturated heterocycles. The molecule has 2 aliphatic rings. The van der Waals surface area contributed by atoms with Crippen molar-refractivity contribution in [2.75, 3.05) is 39.0 Å². The van der Waals surface area contributed by atoms with Crippen LogP contribution in [0.5, 0.6) is 0 Å². The summed E-state index contributed by atoms with van der Waals surface area (Å²) < 4.78 is 64.6. The van der Waals surface area contributed by atoms with E-state index in [1.54, 1.807) is 8.99 Å². The normalized spacial score (nSPS) is 19.9. The number of carbonyl (C=O) groups is 1. The molecule has 11 nitrogen and oxygen atoms in total. The molecule has 15 heteroatoms. The zero-order valence-corrected chi connectivity index (χ0v) is 23.2. The van der Waals surface area contributed by atoms with E-state index in [2.05, 4.69) is 23.0 Å². The number of carboxylic acids is 1. The van der Waals surface area contributed by atoms with Gasteiger partial charge in [-0.1, -0.05) is 25.1 Å². The van der Waals surface area contributed by atoms with Gasteiger partial charge in [0.1, 0.15) is 0 Å². The minimum Gasteiger partial charge on any atom is -0.475 e. The molecule has 4 heterocycles. The van der Waals surface area contributed by atoms with Gasteiger partial charge in [0.15, 0.2) is 0 Å². The number of carboxylic acid groups (broad SMARTS) is 1. The predicted octanol–water partition coefficient (Wildman–Crippen LogP) is 3.46. The summed E-state index contributed by atoms with van der Waals surface area (Å²) in [7, 11) is -3.10. The molecule has 0 bridgehead atoms. The summed E-state index contributed by atoms with van der Waals surface area (Å²) in [5.74, 6) is -0.933. The highest BCUT2D eigenvalue weighted by atomic mass is 32.2. The number of para-hydroxylation sites is 1. The molecule has 40 heavy (non-hydrogen) atoms. The van der Waals surface area contributed by atoms with Crippen molar-refractivity contribution in [3.8, 4) is 5.95 Å². The van der Waals surface area contributed by atoms with E-state index in [1.165, 1.54) is 6.26 Å². The number of sulfonamides is 1. The number of piperidine rings is 2. The van der Waals surface area contributed by atoms with Gasteiger partial charge < -0.3 is 14.5 Å². The Balaban J connectivity index is 0.000000470. The van der Waals surface area contributed by atoms with E-state index in [0.29, 0.717) is 30.8 Å². The van der Waals surface area contributed by atoms with Crippen LogP contribution < -0.4 is 0 Å². The second-order valence-electron chi connectivity index (χ2n) is 10.2. The molecule has 0 saturated carbocycles. The van der Waals surface area contributed by atoms with Crippen molar-refractivity contribution in [3.05, 3.63) is 35.9 Å². The topological polar surface area (TPSA) is 135 Å². The molecule has 0 amide bonds. The van der Waals surface area contributed by atoms with Gasteiger partial charge >= 0.3 is 12.1 Å². The van der Waals surface area contributed by atoms with E-state index < -0.39 is 22.2 Å². The molecule has 1 atom stereocenters. The molecule has 2 aliphatic heterocycles. The molecule has 1 aromatic carbocycles. The fourth-order valence-corrected chi connectivity index (χ4v) is 6.17. The number of aryl methyl sites for hydroxylation is 1. The van der Waals surface area contributed by atoms with E-state index in [1.807, 2.05) is 18.2 Å². The van der Waals surface area contributed by atoms with Crippen LogP contribution in [-0.2, 0) is 21.2 Å². The van der Waals surface area contributed by atoms with Crippen molar-refractivity contribution in [3.63, 3.8) is 0 Å². The zero-order valence-electron chi connectivity index (χ0n) is 22.3. The maximum atomic E-state index is 11.9. The third kappa shape index (κ3) is 7.18. The van der Waals surface area contributed by atoms with Crippen molar-refractivity contribution >= 4 is 26.9 Å². The number of nitrogens with zero attached hydrogens (tertiary/aromatic N) is 6. The van der Waals surface area contributed by atoms with Gasteiger partial charge in [-0.25, -0.2) is 17.5 Å². The highest BCUT2D eigenvalue weighted by Crippen LogP contribution is 2.30. The lowest BCUT2D eigenvalue weighted by molar-refractivity contribution is -0.192. The highest BCUT2D eigenvalue weighted by molar-refractivity contribution is 7.88. The van der Waals surface area contributed by atoms with Gasteiger partial charge in [-0.15, -0.1) is 0 Å². The second-order valence-corrected chi connectivity index (χ2v) is 12.2. The summed E-state index contributed by atoms with van der Waals surface area (Å²) in [4.78, 5) is 16.1. The van der Waals surface area contributed by atoms with Crippen LogP contribution in [0.2, 0.25) is 0 Å². The quantitative estimate of drug-likeness (QED) is 0.461. The summed E-state index contributed by atoms with van der Waals surface area (Å²) in [5, 5.41) is 17.2. The SMILES string of the molecule is CCc1nn(-c2noc(C3CCN(CC4CCCN(S(C)(=O)=O)C4)CC3)n2)c2ccccc12.O=C(O)C(F)(F)F. The summed E-state index contributed by atoms with van der Waals surface area (Å²) in [6.07, 6.45) is 1.04. The Hall–Kier alpha value is -3.04. The number of aromatic nitrogens is 4.